The molecule has 0 fully saturated rings. The molecule has 0 aliphatic rings. The maximum atomic E-state index is 12.6. The molecule has 1 amide bonds. The summed E-state index contributed by atoms with van der Waals surface area (Å²) >= 11 is 1.69. The van der Waals surface area contributed by atoms with E-state index in [2.05, 4.69) is 0 Å². The molecule has 0 aromatic rings. The van der Waals surface area contributed by atoms with Crippen LogP contribution >= 0.6 is 23.5 Å². The highest BCUT2D eigenvalue weighted by Crippen LogP contribution is 2.13. The Hall–Kier alpha value is -0.660. The minimum atomic E-state index is -1.49. The van der Waals surface area contributed by atoms with Crippen LogP contribution in [0.1, 0.15) is 19.3 Å². The fourth-order valence-electron chi connectivity index (χ4n) is 1.94. The summed E-state index contributed by atoms with van der Waals surface area (Å²) in [6.45, 7) is 0. The van der Waals surface area contributed by atoms with E-state index in [-0.39, 0.29) is 12.2 Å². The molecule has 0 heterocycles. The third-order valence-corrected chi connectivity index (χ3v) is 5.64. The van der Waals surface area contributed by atoms with Crippen molar-refractivity contribution < 1.29 is 28.9 Å². The Kier molecular flexibility index (Phi) is 14.0. The monoisotopic (exact) mass is 443 g/mol. The molecule has 0 saturated carbocycles. The number of carboxylic acids is 1. The van der Waals surface area contributed by atoms with Crippen LogP contribution in [0.4, 0.5) is 0 Å². The van der Waals surface area contributed by atoms with Crippen molar-refractivity contribution in [1.29, 1.82) is 0 Å². The average Bonchev–Trinajstić information content (AvgIpc) is 2.61. The lowest BCUT2D eigenvalue weighted by molar-refractivity contribution is -0.213. The van der Waals surface area contributed by atoms with Gasteiger partial charge in [-0.05, 0) is 36.9 Å². The third-order valence-electron chi connectivity index (χ3n) is 3.54. The quantitative estimate of drug-likeness (QED) is 0.254. The lowest BCUT2D eigenvalue weighted by atomic mass is 10.1. The molecule has 0 radical (unpaired) electrons. The Morgan fingerprint density at radius 1 is 1.11 bits per heavy atom. The molecule has 0 aliphatic carbocycles. The van der Waals surface area contributed by atoms with Gasteiger partial charge in [-0.15, -0.1) is 0 Å². The molecule has 4 atom stereocenters. The first-order chi connectivity index (χ1) is 12.6. The van der Waals surface area contributed by atoms with Crippen molar-refractivity contribution in [3.8, 4) is 0 Å². The van der Waals surface area contributed by atoms with Crippen molar-refractivity contribution in [1.82, 2.24) is 5.06 Å². The maximum absolute atomic E-state index is 12.6. The van der Waals surface area contributed by atoms with E-state index in [0.29, 0.717) is 29.4 Å². The normalized spacial score (nSPS) is 15.5. The van der Waals surface area contributed by atoms with Crippen LogP contribution in [0.25, 0.3) is 0 Å². The van der Waals surface area contributed by atoms with Crippen molar-refractivity contribution in [2.24, 2.45) is 11.5 Å². The molecule has 0 aliphatic heterocycles. The van der Waals surface area contributed by atoms with Gasteiger partial charge in [-0.3, -0.25) is 4.79 Å². The number of carbonyl (C=O) groups excluding carboxylic acids is 2. The number of hydroxylamine groups is 2. The topological polar surface area (TPSA) is 159 Å². The van der Waals surface area contributed by atoms with E-state index >= 15 is 0 Å². The second-order valence-electron chi connectivity index (χ2n) is 5.77. The summed E-state index contributed by atoms with van der Waals surface area (Å²) in [6.07, 6.45) is 5.57. The van der Waals surface area contributed by atoms with E-state index in [0.717, 1.165) is 0 Å². The summed E-state index contributed by atoms with van der Waals surface area (Å²) in [7, 11) is 0. The van der Waals surface area contributed by atoms with Crippen LogP contribution in [-0.4, -0.2) is 86.7 Å². The van der Waals surface area contributed by atoms with Gasteiger partial charge in [0.1, 0.15) is 11.8 Å². The number of nitrogens with zero attached hydrogens (tertiary/aromatic N) is 1. The molecule has 0 rings (SSSR count). The lowest BCUT2D eigenvalue weighted by Crippen LogP contribution is -2.54. The van der Waals surface area contributed by atoms with E-state index in [9.17, 15) is 24.0 Å². The summed E-state index contributed by atoms with van der Waals surface area (Å²) in [5.41, 5.74) is 11.6. The molecule has 12 heteroatoms. The summed E-state index contributed by atoms with van der Waals surface area (Å²) in [4.78, 5) is 41.6. The second kappa shape index (κ2) is 14.4. The molecule has 9 nitrogen and oxygen atoms in total. The first-order valence-electron chi connectivity index (χ1n) is 8.22. The molecule has 0 bridgehead atoms. The number of carboxylic acid groups (broad SMARTS) is 1. The molecule has 0 aromatic heterocycles. The van der Waals surface area contributed by atoms with Gasteiger partial charge in [0.05, 0.1) is 12.3 Å². The Balaban J connectivity index is 5.40. The number of amides is 1. The van der Waals surface area contributed by atoms with Gasteiger partial charge in [-0.25, -0.2) is 9.59 Å². The van der Waals surface area contributed by atoms with E-state index < -0.39 is 47.1 Å². The number of rotatable bonds is 13. The summed E-state index contributed by atoms with van der Waals surface area (Å²) in [5.74, 6) is -1.89. The van der Waals surface area contributed by atoms with Crippen molar-refractivity contribution in [2.45, 2.75) is 37.4 Å². The molecular formula is C15H29N3O6S3. The van der Waals surface area contributed by atoms with Gasteiger partial charge in [-0.1, -0.05) is 11.2 Å². The summed E-state index contributed by atoms with van der Waals surface area (Å²) in [5, 5.41) is 9.99. The lowest BCUT2D eigenvalue weighted by Gasteiger charge is -2.29. The molecule has 5 N–H and O–H groups in total. The SMILES string of the molecule is CSCC[C@H](N)C(=O)ON(C(=O)[C@@H](N)CCSC)[C@@H](CC[S+](C)[O-])C(=O)O. The fourth-order valence-corrected chi connectivity index (χ4v) is 3.47. The van der Waals surface area contributed by atoms with Gasteiger partial charge in [0, 0.05) is 6.42 Å². The number of hydrogen-bond acceptors (Lipinski definition) is 9. The third kappa shape index (κ3) is 10.5. The van der Waals surface area contributed by atoms with Crippen molar-refractivity contribution in [2.75, 3.05) is 36.0 Å². The van der Waals surface area contributed by atoms with Gasteiger partial charge in [0.2, 0.25) is 0 Å². The van der Waals surface area contributed by atoms with Crippen LogP contribution < -0.4 is 11.5 Å². The van der Waals surface area contributed by atoms with Crippen molar-refractivity contribution in [3.05, 3.63) is 0 Å². The molecule has 158 valence electrons. The summed E-state index contributed by atoms with van der Waals surface area (Å²) in [6, 6.07) is -3.51. The first kappa shape index (κ1) is 26.3. The second-order valence-corrected chi connectivity index (χ2v) is 9.30. The number of nitrogens with two attached hydrogens (primary N) is 2. The van der Waals surface area contributed by atoms with Crippen LogP contribution in [-0.2, 0) is 30.4 Å². The van der Waals surface area contributed by atoms with Crippen molar-refractivity contribution in [3.63, 3.8) is 0 Å². The largest absolute Gasteiger partial charge is 0.617 e. The van der Waals surface area contributed by atoms with E-state index in [1.165, 1.54) is 29.8 Å². The van der Waals surface area contributed by atoms with E-state index in [1.54, 1.807) is 0 Å². The number of carbonyl (C=O) groups is 3. The van der Waals surface area contributed by atoms with Crippen molar-refractivity contribution >= 4 is 52.5 Å². The van der Waals surface area contributed by atoms with Crippen LogP contribution in [0.2, 0.25) is 0 Å². The number of hydrogen-bond donors (Lipinski definition) is 3. The fraction of sp³-hybridized carbons (Fsp3) is 0.800. The van der Waals surface area contributed by atoms with Gasteiger partial charge in [0.15, 0.2) is 6.04 Å². The molecule has 0 aromatic carbocycles. The van der Waals surface area contributed by atoms with Gasteiger partial charge in [0.25, 0.3) is 5.91 Å². The molecule has 0 saturated heterocycles. The average molecular weight is 444 g/mol. The predicted octanol–water partition coefficient (Wildman–Crippen LogP) is -0.344. The minimum Gasteiger partial charge on any atom is -0.617 e. The highest BCUT2D eigenvalue weighted by Gasteiger charge is 2.37. The molecule has 27 heavy (non-hydrogen) atoms. The van der Waals surface area contributed by atoms with Gasteiger partial charge in [-0.2, -0.15) is 28.6 Å². The zero-order valence-corrected chi connectivity index (χ0v) is 18.2. The molecule has 0 spiro atoms. The smallest absolute Gasteiger partial charge is 0.349 e. The van der Waals surface area contributed by atoms with Crippen LogP contribution in [0.5, 0.6) is 0 Å². The number of thioether (sulfide) groups is 2. The standard InChI is InChI=1S/C15H29N3O6S3/c1-25-7-4-10(16)13(19)18(12(14(20)21)6-9-27(3)23)24-15(22)11(17)5-8-26-2/h10-12H,4-9,16-17H2,1-3H3,(H,20,21)/t10-,11-,12-,27?/m0/s1. The zero-order valence-electron chi connectivity index (χ0n) is 15.8. The van der Waals surface area contributed by atoms with Gasteiger partial charge < -0.3 is 26.0 Å². The first-order valence-corrected chi connectivity index (χ1v) is 12.7. The van der Waals surface area contributed by atoms with Gasteiger partial charge >= 0.3 is 11.9 Å². The Labute approximate surface area is 171 Å². The van der Waals surface area contributed by atoms with Crippen LogP contribution in [0.15, 0.2) is 0 Å². The predicted molar refractivity (Wildman–Crippen MR) is 110 cm³/mol. The Morgan fingerprint density at radius 2 is 1.63 bits per heavy atom. The zero-order chi connectivity index (χ0) is 21.0. The molecular weight excluding hydrogens is 414 g/mol. The van der Waals surface area contributed by atoms with E-state index in [1.807, 2.05) is 12.5 Å². The highest BCUT2D eigenvalue weighted by molar-refractivity contribution is 7.98. The molecule has 1 unspecified atom stereocenters. The maximum Gasteiger partial charge on any atom is 0.349 e. The van der Waals surface area contributed by atoms with Crippen LogP contribution in [0.3, 0.4) is 0 Å². The summed E-state index contributed by atoms with van der Waals surface area (Å²) < 4.78 is 11.3. The minimum absolute atomic E-state index is 0.0247. The van der Waals surface area contributed by atoms with Crippen LogP contribution in [0, 0.1) is 0 Å². The Morgan fingerprint density at radius 3 is 2.07 bits per heavy atom. The Bertz CT molecular complexity index is 484. The number of aliphatic carboxylic acids is 1. The highest BCUT2D eigenvalue weighted by atomic mass is 32.2. The van der Waals surface area contributed by atoms with E-state index in [4.69, 9.17) is 16.3 Å².